The second-order valence-electron chi connectivity index (χ2n) is 6.44. The van der Waals surface area contributed by atoms with E-state index < -0.39 is 6.61 Å². The summed E-state index contributed by atoms with van der Waals surface area (Å²) in [6.45, 7) is 1.44. The fourth-order valence-electron chi connectivity index (χ4n) is 3.00. The molecule has 5 nitrogen and oxygen atoms in total. The number of nitrogens with zero attached hydrogens (tertiary/aromatic N) is 2. The Kier molecular flexibility index (Phi) is 5.91. The average Bonchev–Trinajstić information content (AvgIpc) is 3.01. The van der Waals surface area contributed by atoms with Crippen molar-refractivity contribution in [1.82, 2.24) is 9.78 Å². The Morgan fingerprint density at radius 2 is 1.85 bits per heavy atom. The largest absolute Gasteiger partial charge is 0.491 e. The van der Waals surface area contributed by atoms with Gasteiger partial charge >= 0.3 is 6.61 Å². The molecular weight excluding hydrogens is 352 g/mol. The van der Waals surface area contributed by atoms with Crippen molar-refractivity contribution in [3.63, 3.8) is 0 Å². The molecule has 7 heteroatoms. The van der Waals surface area contributed by atoms with Crippen molar-refractivity contribution in [3.8, 4) is 16.9 Å². The molecule has 1 N–H and O–H groups in total. The summed E-state index contributed by atoms with van der Waals surface area (Å²) in [5, 5.41) is 8.48. The number of hydrogen-bond donors (Lipinski definition) is 1. The summed E-state index contributed by atoms with van der Waals surface area (Å²) in [6, 6.07) is 11.9. The molecule has 2 aromatic carbocycles. The van der Waals surface area contributed by atoms with Gasteiger partial charge in [0, 0.05) is 19.0 Å². The molecule has 3 aromatic rings. The highest BCUT2D eigenvalue weighted by Gasteiger charge is 2.12. The van der Waals surface area contributed by atoms with Gasteiger partial charge in [-0.25, -0.2) is 0 Å². The summed E-state index contributed by atoms with van der Waals surface area (Å²) < 4.78 is 35.9. The number of fused-ring (bicyclic) bond motifs is 1. The normalized spacial score (nSPS) is 11.5. The van der Waals surface area contributed by atoms with Crippen LogP contribution in [0, 0.1) is 0 Å². The van der Waals surface area contributed by atoms with Crippen molar-refractivity contribution in [2.45, 2.75) is 26.6 Å². The molecule has 0 spiro atoms. The fourth-order valence-corrected chi connectivity index (χ4v) is 3.00. The van der Waals surface area contributed by atoms with E-state index in [0.717, 1.165) is 33.5 Å². The summed E-state index contributed by atoms with van der Waals surface area (Å²) in [7, 11) is 1.85. The third-order valence-electron chi connectivity index (χ3n) is 4.10. The van der Waals surface area contributed by atoms with Crippen LogP contribution in [0.5, 0.6) is 5.75 Å². The van der Waals surface area contributed by atoms with Crippen molar-refractivity contribution in [3.05, 3.63) is 42.6 Å². The molecule has 0 unspecified atom stereocenters. The number of aromatic nitrogens is 2. The average molecular weight is 375 g/mol. The number of halogens is 2. The highest BCUT2D eigenvalue weighted by Crippen LogP contribution is 2.33. The van der Waals surface area contributed by atoms with Crippen LogP contribution in [0.4, 0.5) is 14.5 Å². The van der Waals surface area contributed by atoms with Crippen LogP contribution in [0.15, 0.2) is 42.6 Å². The number of nitrogens with one attached hydrogen (secondary N) is 1. The maximum absolute atomic E-state index is 12.1. The van der Waals surface area contributed by atoms with Crippen LogP contribution < -0.4 is 10.1 Å². The van der Waals surface area contributed by atoms with Crippen LogP contribution in [-0.2, 0) is 11.8 Å². The third-order valence-corrected chi connectivity index (χ3v) is 4.10. The number of rotatable bonds is 8. The lowest BCUT2D eigenvalue weighted by Gasteiger charge is -2.13. The van der Waals surface area contributed by atoms with Gasteiger partial charge in [0.2, 0.25) is 0 Å². The Morgan fingerprint density at radius 1 is 1.11 bits per heavy atom. The number of hydrogen-bond acceptors (Lipinski definition) is 4. The van der Waals surface area contributed by atoms with E-state index in [0.29, 0.717) is 0 Å². The predicted octanol–water partition coefficient (Wildman–Crippen LogP) is 4.68. The predicted molar refractivity (Wildman–Crippen MR) is 102 cm³/mol. The van der Waals surface area contributed by atoms with Gasteiger partial charge in [-0.2, -0.15) is 13.9 Å². The molecule has 0 amide bonds. The Morgan fingerprint density at radius 3 is 2.52 bits per heavy atom. The lowest BCUT2D eigenvalue weighted by Crippen LogP contribution is -2.12. The lowest BCUT2D eigenvalue weighted by atomic mass is 10.0. The first-order valence-corrected chi connectivity index (χ1v) is 8.81. The molecule has 0 atom stereocenters. The number of aryl methyl sites for hydroxylation is 1. The lowest BCUT2D eigenvalue weighted by molar-refractivity contribution is -0.125. The molecule has 3 rings (SSSR count). The number of ether oxygens (including phenoxy) is 2. The quantitative estimate of drug-likeness (QED) is 0.581. The van der Waals surface area contributed by atoms with E-state index in [1.165, 1.54) is 0 Å². The number of alkyl halides is 2. The van der Waals surface area contributed by atoms with Gasteiger partial charge in [0.25, 0.3) is 0 Å². The van der Waals surface area contributed by atoms with Crippen LogP contribution in [0.2, 0.25) is 0 Å². The number of anilines is 1. The first-order chi connectivity index (χ1) is 13.0. The second kappa shape index (κ2) is 8.35. The van der Waals surface area contributed by atoms with E-state index in [1.807, 2.05) is 63.5 Å². The first-order valence-electron chi connectivity index (χ1n) is 8.81. The molecule has 0 aliphatic carbocycles. The van der Waals surface area contributed by atoms with E-state index in [2.05, 4.69) is 15.2 Å². The Balaban J connectivity index is 1.86. The van der Waals surface area contributed by atoms with Gasteiger partial charge in [0.05, 0.1) is 30.1 Å². The van der Waals surface area contributed by atoms with Crippen LogP contribution >= 0.6 is 0 Å². The fraction of sp³-hybridized carbons (Fsp3) is 0.350. The Hall–Kier alpha value is -2.67. The molecule has 0 bridgehead atoms. The first kappa shape index (κ1) is 19.1. The molecule has 0 aliphatic heterocycles. The summed E-state index contributed by atoms with van der Waals surface area (Å²) in [5.41, 5.74) is 3.83. The Labute approximate surface area is 156 Å². The molecule has 144 valence electrons. The molecule has 27 heavy (non-hydrogen) atoms. The van der Waals surface area contributed by atoms with Crippen LogP contribution in [0.1, 0.15) is 13.8 Å². The summed E-state index contributed by atoms with van der Waals surface area (Å²) in [4.78, 5) is 0. The SMILES string of the molecule is CC(C)Oc1ccc(-c2ccc(NCCOC(F)F)c3c2cnn3C)cc1. The van der Waals surface area contributed by atoms with Crippen molar-refractivity contribution >= 4 is 16.6 Å². The molecule has 0 saturated carbocycles. The zero-order valence-electron chi connectivity index (χ0n) is 15.6. The minimum atomic E-state index is -2.76. The zero-order chi connectivity index (χ0) is 19.4. The van der Waals surface area contributed by atoms with Crippen molar-refractivity contribution in [1.29, 1.82) is 0 Å². The highest BCUT2D eigenvalue weighted by atomic mass is 19.3. The zero-order valence-corrected chi connectivity index (χ0v) is 15.6. The van der Waals surface area contributed by atoms with Gasteiger partial charge < -0.3 is 14.8 Å². The van der Waals surface area contributed by atoms with Crippen molar-refractivity contribution in [2.24, 2.45) is 7.05 Å². The minimum Gasteiger partial charge on any atom is -0.491 e. The summed E-state index contributed by atoms with van der Waals surface area (Å²) in [6.07, 6.45) is 1.93. The smallest absolute Gasteiger partial charge is 0.345 e. The summed E-state index contributed by atoms with van der Waals surface area (Å²) >= 11 is 0. The van der Waals surface area contributed by atoms with Gasteiger partial charge in [-0.3, -0.25) is 4.68 Å². The standard InChI is InChI=1S/C20H23F2N3O2/c1-13(2)27-15-6-4-14(5-7-15)16-8-9-18(23-10-11-26-20(21)22)19-17(16)12-24-25(19)3/h4-9,12-13,20,23H,10-11H2,1-3H3. The van der Waals surface area contributed by atoms with Crippen LogP contribution in [-0.4, -0.2) is 35.6 Å². The van der Waals surface area contributed by atoms with Gasteiger partial charge in [-0.05, 0) is 43.2 Å². The van der Waals surface area contributed by atoms with Gasteiger partial charge in [-0.1, -0.05) is 18.2 Å². The van der Waals surface area contributed by atoms with Crippen LogP contribution in [0.25, 0.3) is 22.0 Å². The van der Waals surface area contributed by atoms with Crippen LogP contribution in [0.3, 0.4) is 0 Å². The molecule has 1 aromatic heterocycles. The molecule has 0 aliphatic rings. The van der Waals surface area contributed by atoms with E-state index >= 15 is 0 Å². The summed E-state index contributed by atoms with van der Waals surface area (Å²) in [5.74, 6) is 0.827. The van der Waals surface area contributed by atoms with Crippen molar-refractivity contribution in [2.75, 3.05) is 18.5 Å². The monoisotopic (exact) mass is 375 g/mol. The topological polar surface area (TPSA) is 48.3 Å². The second-order valence-corrected chi connectivity index (χ2v) is 6.44. The van der Waals surface area contributed by atoms with Crippen molar-refractivity contribution < 1.29 is 18.3 Å². The minimum absolute atomic E-state index is 0.0733. The molecule has 0 radical (unpaired) electrons. The van der Waals surface area contributed by atoms with E-state index in [9.17, 15) is 8.78 Å². The number of benzene rings is 2. The molecule has 0 saturated heterocycles. The van der Waals surface area contributed by atoms with Gasteiger partial charge in [0.15, 0.2) is 0 Å². The van der Waals surface area contributed by atoms with Gasteiger partial charge in [0.1, 0.15) is 5.75 Å². The Bertz CT molecular complexity index is 892. The third kappa shape index (κ3) is 4.54. The molecular formula is C20H23F2N3O2. The maximum atomic E-state index is 12.1. The molecule has 0 fully saturated rings. The van der Waals surface area contributed by atoms with Gasteiger partial charge in [-0.15, -0.1) is 0 Å². The maximum Gasteiger partial charge on any atom is 0.345 e. The van der Waals surface area contributed by atoms with E-state index in [-0.39, 0.29) is 19.3 Å². The highest BCUT2D eigenvalue weighted by molar-refractivity contribution is 6.01. The van der Waals surface area contributed by atoms with E-state index in [4.69, 9.17) is 4.74 Å². The van der Waals surface area contributed by atoms with E-state index in [1.54, 1.807) is 4.68 Å². The molecule has 1 heterocycles.